The van der Waals surface area contributed by atoms with Gasteiger partial charge in [-0.15, -0.1) is 0 Å². The molecule has 0 spiro atoms. The Kier molecular flexibility index (Phi) is 5.34. The van der Waals surface area contributed by atoms with E-state index in [2.05, 4.69) is 0 Å². The summed E-state index contributed by atoms with van der Waals surface area (Å²) in [5, 5.41) is 11.0. The van der Waals surface area contributed by atoms with Crippen LogP contribution in [0.2, 0.25) is 0 Å². The third-order valence-corrected chi connectivity index (χ3v) is 2.92. The topological polar surface area (TPSA) is 78.7 Å². The van der Waals surface area contributed by atoms with E-state index in [0.717, 1.165) is 32.1 Å². The highest BCUT2D eigenvalue weighted by molar-refractivity contribution is 5.65. The van der Waals surface area contributed by atoms with Crippen molar-refractivity contribution in [2.75, 3.05) is 0 Å². The minimum atomic E-state index is -1.07. The Morgan fingerprint density at radius 1 is 1.35 bits per heavy atom. The molecule has 1 saturated carbocycles. The molecule has 0 aromatic rings. The Morgan fingerprint density at radius 2 is 1.94 bits per heavy atom. The molecule has 0 saturated heterocycles. The molecule has 0 aliphatic heterocycles. The van der Waals surface area contributed by atoms with Crippen molar-refractivity contribution >= 4 is 5.97 Å². The average molecular weight is 245 g/mol. The summed E-state index contributed by atoms with van der Waals surface area (Å²) >= 11 is 0. The molecular formula is C11H19NO5. The van der Waals surface area contributed by atoms with Gasteiger partial charge in [-0.1, -0.05) is 19.3 Å². The van der Waals surface area contributed by atoms with E-state index in [1.54, 1.807) is 0 Å². The van der Waals surface area contributed by atoms with Crippen molar-refractivity contribution < 1.29 is 19.2 Å². The average Bonchev–Trinajstić information content (AvgIpc) is 2.25. The molecule has 0 radical (unpaired) electrons. The van der Waals surface area contributed by atoms with E-state index in [1.807, 2.05) is 0 Å². The summed E-state index contributed by atoms with van der Waals surface area (Å²) in [7, 11) is 0. The zero-order valence-electron chi connectivity index (χ0n) is 10.3. The van der Waals surface area contributed by atoms with Crippen LogP contribution >= 0.6 is 0 Å². The Hall–Kier alpha value is -1.17. The van der Waals surface area contributed by atoms with Gasteiger partial charge in [-0.2, -0.15) is 0 Å². The van der Waals surface area contributed by atoms with Crippen molar-refractivity contribution in [1.29, 1.82) is 0 Å². The highest BCUT2D eigenvalue weighted by Gasteiger charge is 2.35. The number of hydrogen-bond acceptors (Lipinski definition) is 5. The molecule has 1 fully saturated rings. The molecule has 17 heavy (non-hydrogen) atoms. The summed E-state index contributed by atoms with van der Waals surface area (Å²) in [5.41, 5.74) is 0. The summed E-state index contributed by atoms with van der Waals surface area (Å²) in [6, 6.07) is 0. The van der Waals surface area contributed by atoms with E-state index in [1.165, 1.54) is 13.8 Å². The Balaban J connectivity index is 2.52. The predicted molar refractivity (Wildman–Crippen MR) is 59.7 cm³/mol. The van der Waals surface area contributed by atoms with Crippen LogP contribution in [0.3, 0.4) is 0 Å². The van der Waals surface area contributed by atoms with E-state index in [-0.39, 0.29) is 5.92 Å². The zero-order chi connectivity index (χ0) is 12.8. The largest absolute Gasteiger partial charge is 0.436 e. The second-order valence-corrected chi connectivity index (χ2v) is 4.39. The van der Waals surface area contributed by atoms with Crippen LogP contribution in [0.4, 0.5) is 0 Å². The molecule has 0 heterocycles. The van der Waals surface area contributed by atoms with Crippen molar-refractivity contribution in [3.05, 3.63) is 10.1 Å². The first kappa shape index (κ1) is 13.9. The van der Waals surface area contributed by atoms with Gasteiger partial charge in [-0.25, -0.2) is 0 Å². The molecule has 0 bridgehead atoms. The quantitative estimate of drug-likeness (QED) is 0.321. The summed E-state index contributed by atoms with van der Waals surface area (Å²) in [4.78, 5) is 21.2. The molecule has 2 atom stereocenters. The van der Waals surface area contributed by atoms with Crippen LogP contribution in [-0.4, -0.2) is 23.4 Å². The van der Waals surface area contributed by atoms with Crippen molar-refractivity contribution in [3.8, 4) is 0 Å². The fraction of sp³-hybridized carbons (Fsp3) is 0.909. The van der Waals surface area contributed by atoms with Gasteiger partial charge in [-0.05, 0) is 19.8 Å². The number of ether oxygens (including phenoxy) is 2. The molecule has 0 amide bonds. The predicted octanol–water partition coefficient (Wildman–Crippen LogP) is 2.10. The van der Waals surface area contributed by atoms with Crippen LogP contribution < -0.4 is 0 Å². The number of carbonyl (C=O) groups is 1. The lowest BCUT2D eigenvalue weighted by Gasteiger charge is -2.25. The monoisotopic (exact) mass is 245 g/mol. The van der Waals surface area contributed by atoms with Gasteiger partial charge < -0.3 is 4.74 Å². The fourth-order valence-electron chi connectivity index (χ4n) is 2.21. The minimum absolute atomic E-state index is 0.0724. The first-order valence-electron chi connectivity index (χ1n) is 5.97. The van der Waals surface area contributed by atoms with Gasteiger partial charge in [0.25, 0.3) is 0 Å². The van der Waals surface area contributed by atoms with Crippen LogP contribution in [0.1, 0.15) is 46.0 Å². The Morgan fingerprint density at radius 3 is 2.41 bits per heavy atom. The Bertz CT molecular complexity index is 275. The third-order valence-electron chi connectivity index (χ3n) is 2.92. The number of rotatable bonds is 5. The van der Waals surface area contributed by atoms with E-state index in [0.29, 0.717) is 0 Å². The molecule has 6 heteroatoms. The number of hydrogen-bond donors (Lipinski definition) is 0. The second kappa shape index (κ2) is 6.54. The summed E-state index contributed by atoms with van der Waals surface area (Å²) < 4.78 is 9.98. The maximum atomic E-state index is 11.0. The molecule has 98 valence electrons. The van der Waals surface area contributed by atoms with Gasteiger partial charge in [0, 0.05) is 6.92 Å². The molecule has 6 nitrogen and oxygen atoms in total. The highest BCUT2D eigenvalue weighted by atomic mass is 16.7. The summed E-state index contributed by atoms with van der Waals surface area (Å²) in [6.07, 6.45) is 2.80. The molecule has 0 aromatic heterocycles. The highest BCUT2D eigenvalue weighted by Crippen LogP contribution is 2.28. The molecule has 1 aliphatic rings. The minimum Gasteiger partial charge on any atom is -0.436 e. The van der Waals surface area contributed by atoms with Gasteiger partial charge in [0.1, 0.15) is 0 Å². The second-order valence-electron chi connectivity index (χ2n) is 4.39. The maximum Gasteiger partial charge on any atom is 0.321 e. The number of carbonyl (C=O) groups excluding carboxylic acids is 1. The number of esters is 1. The van der Waals surface area contributed by atoms with Crippen LogP contribution in [-0.2, 0) is 14.3 Å². The van der Waals surface area contributed by atoms with Crippen molar-refractivity contribution in [3.63, 3.8) is 0 Å². The SMILES string of the molecule is CC(=O)OC(C)OC(C1CCCCC1)[N+](=O)[O-]. The van der Waals surface area contributed by atoms with Gasteiger partial charge >= 0.3 is 12.2 Å². The van der Waals surface area contributed by atoms with E-state index in [9.17, 15) is 14.9 Å². The molecule has 1 aliphatic carbocycles. The van der Waals surface area contributed by atoms with Gasteiger partial charge in [0.05, 0.1) is 10.8 Å². The number of nitrogens with zero attached hydrogens (tertiary/aromatic N) is 1. The smallest absolute Gasteiger partial charge is 0.321 e. The maximum absolute atomic E-state index is 11.0. The molecule has 2 unspecified atom stereocenters. The molecule has 0 N–H and O–H groups in total. The summed E-state index contributed by atoms with van der Waals surface area (Å²) in [6.45, 7) is 2.75. The van der Waals surface area contributed by atoms with Gasteiger partial charge in [0.15, 0.2) is 0 Å². The van der Waals surface area contributed by atoms with E-state index >= 15 is 0 Å². The summed E-state index contributed by atoms with van der Waals surface area (Å²) in [5.74, 6) is -0.569. The van der Waals surface area contributed by atoms with Crippen molar-refractivity contribution in [1.82, 2.24) is 0 Å². The fourth-order valence-corrected chi connectivity index (χ4v) is 2.21. The van der Waals surface area contributed by atoms with Crippen LogP contribution in [0.5, 0.6) is 0 Å². The first-order valence-corrected chi connectivity index (χ1v) is 5.97. The molecule has 0 aromatic carbocycles. The van der Waals surface area contributed by atoms with Crippen molar-refractivity contribution in [2.45, 2.75) is 58.5 Å². The third kappa shape index (κ3) is 4.68. The van der Waals surface area contributed by atoms with Crippen LogP contribution in [0, 0.1) is 16.0 Å². The van der Waals surface area contributed by atoms with Crippen molar-refractivity contribution in [2.24, 2.45) is 5.92 Å². The first-order chi connectivity index (χ1) is 8.00. The van der Waals surface area contributed by atoms with Crippen LogP contribution in [0.25, 0.3) is 0 Å². The number of nitro groups is 1. The standard InChI is InChI=1S/C11H19NO5/c1-8(13)16-9(2)17-11(12(14)15)10-6-4-3-5-7-10/h9-11H,3-7H2,1-2H3. The van der Waals surface area contributed by atoms with E-state index in [4.69, 9.17) is 9.47 Å². The zero-order valence-corrected chi connectivity index (χ0v) is 10.3. The normalized spacial score (nSPS) is 20.6. The molecule has 1 rings (SSSR count). The Labute approximate surface area is 100 Å². The van der Waals surface area contributed by atoms with Gasteiger partial charge in [-0.3, -0.25) is 19.6 Å². The van der Waals surface area contributed by atoms with Gasteiger partial charge in [0.2, 0.25) is 6.29 Å². The molecular weight excluding hydrogens is 226 g/mol. The lowest BCUT2D eigenvalue weighted by atomic mass is 9.88. The van der Waals surface area contributed by atoms with Crippen LogP contribution in [0.15, 0.2) is 0 Å². The van der Waals surface area contributed by atoms with E-state index < -0.39 is 23.4 Å². The lowest BCUT2D eigenvalue weighted by molar-refractivity contribution is -0.596. The lowest BCUT2D eigenvalue weighted by Crippen LogP contribution is -2.37.